The van der Waals surface area contributed by atoms with Gasteiger partial charge >= 0.3 is 5.97 Å². The average Bonchev–Trinajstić information content (AvgIpc) is 2.88. The fourth-order valence-electron chi connectivity index (χ4n) is 3.28. The molecule has 0 atom stereocenters. The average molecular weight is 477 g/mol. The Hall–Kier alpha value is -4.40. The number of esters is 1. The van der Waals surface area contributed by atoms with Gasteiger partial charge in [-0.25, -0.2) is 14.8 Å². The summed E-state index contributed by atoms with van der Waals surface area (Å²) in [5, 5.41) is 2.46. The number of methoxy groups -OCH3 is 3. The molecule has 0 unspecified atom stereocenters. The molecule has 1 aromatic heterocycles. The van der Waals surface area contributed by atoms with Crippen molar-refractivity contribution in [2.24, 2.45) is 0 Å². The van der Waals surface area contributed by atoms with E-state index in [1.165, 1.54) is 20.1 Å². The molecule has 2 aromatic carbocycles. The Morgan fingerprint density at radius 1 is 0.857 bits per heavy atom. The molecule has 0 fully saturated rings. The highest BCUT2D eigenvalue weighted by Gasteiger charge is 2.14. The van der Waals surface area contributed by atoms with Gasteiger partial charge in [0, 0.05) is 38.0 Å². The summed E-state index contributed by atoms with van der Waals surface area (Å²) in [6, 6.07) is 15.6. The lowest BCUT2D eigenvalue weighted by atomic mass is 10.1. The van der Waals surface area contributed by atoms with Gasteiger partial charge in [-0.2, -0.15) is 0 Å². The lowest BCUT2D eigenvalue weighted by Crippen LogP contribution is -2.25. The van der Waals surface area contributed by atoms with Gasteiger partial charge in [0.15, 0.2) is 0 Å². The molecule has 0 radical (unpaired) electrons. The molecule has 0 bridgehead atoms. The Bertz CT molecular complexity index is 1110. The van der Waals surface area contributed by atoms with Crippen molar-refractivity contribution >= 4 is 23.9 Å². The fourth-order valence-corrected chi connectivity index (χ4v) is 3.28. The highest BCUT2D eigenvalue weighted by molar-refractivity contribution is 5.97. The van der Waals surface area contributed by atoms with Gasteiger partial charge in [-0.1, -0.05) is 24.3 Å². The van der Waals surface area contributed by atoms with Crippen molar-refractivity contribution in [2.75, 3.05) is 26.2 Å². The van der Waals surface area contributed by atoms with Gasteiger partial charge in [-0.3, -0.25) is 4.79 Å². The topological polar surface area (TPSA) is 103 Å². The smallest absolute Gasteiger partial charge is 0.354 e. The third-order valence-electron chi connectivity index (χ3n) is 5.03. The van der Waals surface area contributed by atoms with Crippen molar-refractivity contribution < 1.29 is 23.8 Å². The number of benzene rings is 2. The Morgan fingerprint density at radius 2 is 1.34 bits per heavy atom. The van der Waals surface area contributed by atoms with Crippen LogP contribution in [-0.2, 0) is 27.4 Å². The van der Waals surface area contributed by atoms with Gasteiger partial charge in [0.1, 0.15) is 17.2 Å². The largest absolute Gasteiger partial charge is 0.497 e. The van der Waals surface area contributed by atoms with E-state index in [0.29, 0.717) is 24.6 Å². The minimum absolute atomic E-state index is 0.00433. The van der Waals surface area contributed by atoms with Crippen LogP contribution in [0.4, 0.5) is 5.95 Å². The molecular weight excluding hydrogens is 448 g/mol. The second kappa shape index (κ2) is 12.2. The van der Waals surface area contributed by atoms with Crippen molar-refractivity contribution in [3.8, 4) is 11.5 Å². The number of hydrogen-bond donors (Lipinski definition) is 1. The van der Waals surface area contributed by atoms with E-state index in [1.807, 2.05) is 53.4 Å². The van der Waals surface area contributed by atoms with Gasteiger partial charge in [-0.15, -0.1) is 0 Å². The van der Waals surface area contributed by atoms with E-state index >= 15 is 0 Å². The van der Waals surface area contributed by atoms with E-state index in [2.05, 4.69) is 15.3 Å². The zero-order valence-electron chi connectivity index (χ0n) is 20.1. The standard InChI is InChI=1S/C26H28N4O5/c1-18(31)29-24(25(32)35-4)13-21-14-27-26(28-15-21)30(16-19-5-9-22(33-2)10-6-19)17-20-7-11-23(34-3)12-8-20/h5-15H,16-17H2,1-4H3,(H,29,31)/b24-13+. The molecule has 9 heteroatoms. The van der Waals surface area contributed by atoms with Gasteiger partial charge in [0.25, 0.3) is 0 Å². The van der Waals surface area contributed by atoms with Crippen LogP contribution in [-0.4, -0.2) is 43.2 Å². The van der Waals surface area contributed by atoms with Crippen LogP contribution in [0.3, 0.4) is 0 Å². The third-order valence-corrected chi connectivity index (χ3v) is 5.03. The predicted octanol–water partition coefficient (Wildman–Crippen LogP) is 3.35. The van der Waals surface area contributed by atoms with Crippen LogP contribution in [0.5, 0.6) is 11.5 Å². The van der Waals surface area contributed by atoms with Crippen molar-refractivity contribution in [3.05, 3.63) is 83.3 Å². The molecule has 0 aliphatic carbocycles. The quantitative estimate of drug-likeness (QED) is 0.351. The number of nitrogens with zero attached hydrogens (tertiary/aromatic N) is 3. The number of carbonyl (C=O) groups is 2. The van der Waals surface area contributed by atoms with Gasteiger partial charge in [0.2, 0.25) is 11.9 Å². The number of amides is 1. The molecule has 1 heterocycles. The zero-order valence-corrected chi connectivity index (χ0v) is 20.1. The summed E-state index contributed by atoms with van der Waals surface area (Å²) in [4.78, 5) is 34.4. The highest BCUT2D eigenvalue weighted by atomic mass is 16.5. The summed E-state index contributed by atoms with van der Waals surface area (Å²) in [6.07, 6.45) is 4.64. The number of hydrogen-bond acceptors (Lipinski definition) is 8. The summed E-state index contributed by atoms with van der Waals surface area (Å²) < 4.78 is 15.2. The molecule has 0 saturated carbocycles. The van der Waals surface area contributed by atoms with Crippen molar-refractivity contribution in [1.82, 2.24) is 15.3 Å². The number of rotatable bonds is 10. The van der Waals surface area contributed by atoms with Gasteiger partial charge in [-0.05, 0) is 41.5 Å². The molecule has 0 aliphatic rings. The first-order chi connectivity index (χ1) is 16.9. The zero-order chi connectivity index (χ0) is 25.2. The molecule has 3 rings (SSSR count). The van der Waals surface area contributed by atoms with Gasteiger partial charge < -0.3 is 24.4 Å². The van der Waals surface area contributed by atoms with Crippen LogP contribution in [0, 0.1) is 0 Å². The monoisotopic (exact) mass is 476 g/mol. The second-order valence-corrected chi connectivity index (χ2v) is 7.60. The maximum atomic E-state index is 12.0. The first kappa shape index (κ1) is 25.2. The molecule has 35 heavy (non-hydrogen) atoms. The lowest BCUT2D eigenvalue weighted by molar-refractivity contribution is -0.137. The summed E-state index contributed by atoms with van der Waals surface area (Å²) in [5.74, 6) is 1.02. The van der Waals surface area contributed by atoms with E-state index < -0.39 is 5.97 Å². The maximum absolute atomic E-state index is 12.0. The van der Waals surface area contributed by atoms with E-state index in [0.717, 1.165) is 22.6 Å². The Balaban J connectivity index is 1.88. The first-order valence-corrected chi connectivity index (χ1v) is 10.8. The van der Waals surface area contributed by atoms with E-state index in [1.54, 1.807) is 26.6 Å². The van der Waals surface area contributed by atoms with Gasteiger partial charge in [0.05, 0.1) is 21.3 Å². The number of ether oxygens (including phenoxy) is 3. The summed E-state index contributed by atoms with van der Waals surface area (Å²) in [6.45, 7) is 2.43. The molecule has 9 nitrogen and oxygen atoms in total. The Kier molecular flexibility index (Phi) is 8.77. The van der Waals surface area contributed by atoms with Crippen LogP contribution in [0.2, 0.25) is 0 Å². The van der Waals surface area contributed by atoms with E-state index in [9.17, 15) is 9.59 Å². The Labute approximate surface area is 204 Å². The SMILES string of the molecule is COC(=O)/C(=C\c1cnc(N(Cc2ccc(OC)cc2)Cc2ccc(OC)cc2)nc1)NC(C)=O. The molecule has 0 aliphatic heterocycles. The fraction of sp³-hybridized carbons (Fsp3) is 0.231. The summed E-state index contributed by atoms with van der Waals surface area (Å²) in [7, 11) is 4.51. The van der Waals surface area contributed by atoms with Crippen molar-refractivity contribution in [1.29, 1.82) is 0 Å². The van der Waals surface area contributed by atoms with Crippen LogP contribution >= 0.6 is 0 Å². The molecule has 182 valence electrons. The molecule has 0 saturated heterocycles. The van der Waals surface area contributed by atoms with Crippen LogP contribution in [0.15, 0.2) is 66.6 Å². The molecule has 3 aromatic rings. The maximum Gasteiger partial charge on any atom is 0.354 e. The van der Waals surface area contributed by atoms with Crippen LogP contribution in [0.25, 0.3) is 6.08 Å². The van der Waals surface area contributed by atoms with Crippen LogP contribution in [0.1, 0.15) is 23.6 Å². The molecule has 0 spiro atoms. The number of nitrogens with one attached hydrogen (secondary N) is 1. The minimum atomic E-state index is -0.662. The van der Waals surface area contributed by atoms with E-state index in [-0.39, 0.29) is 11.6 Å². The third kappa shape index (κ3) is 7.29. The Morgan fingerprint density at radius 3 is 1.74 bits per heavy atom. The molecular formula is C26H28N4O5. The minimum Gasteiger partial charge on any atom is -0.497 e. The summed E-state index contributed by atoms with van der Waals surface area (Å²) in [5.41, 5.74) is 2.66. The van der Waals surface area contributed by atoms with Crippen LogP contribution < -0.4 is 19.7 Å². The predicted molar refractivity (Wildman–Crippen MR) is 132 cm³/mol. The van der Waals surface area contributed by atoms with Crippen molar-refractivity contribution in [2.45, 2.75) is 20.0 Å². The van der Waals surface area contributed by atoms with E-state index in [4.69, 9.17) is 14.2 Å². The highest BCUT2D eigenvalue weighted by Crippen LogP contribution is 2.20. The summed E-state index contributed by atoms with van der Waals surface area (Å²) >= 11 is 0. The second-order valence-electron chi connectivity index (χ2n) is 7.60. The lowest BCUT2D eigenvalue weighted by Gasteiger charge is -2.23. The number of aromatic nitrogens is 2. The normalized spacial score (nSPS) is 10.9. The van der Waals surface area contributed by atoms with Crippen molar-refractivity contribution in [3.63, 3.8) is 0 Å². The number of anilines is 1. The molecule has 1 N–H and O–H groups in total. The molecule has 1 amide bonds. The first-order valence-electron chi connectivity index (χ1n) is 10.8. The number of carbonyl (C=O) groups excluding carboxylic acids is 2.